The molecule has 0 unspecified atom stereocenters. The Hall–Kier alpha value is -2.54. The van der Waals surface area contributed by atoms with Gasteiger partial charge in [0.25, 0.3) is 0 Å². The third kappa shape index (κ3) is 8.49. The van der Waals surface area contributed by atoms with Crippen LogP contribution in [0.4, 0.5) is 0 Å². The highest BCUT2D eigenvalue weighted by Crippen LogP contribution is 2.47. The first-order valence-electron chi connectivity index (χ1n) is 14.7. The molecule has 0 saturated carbocycles. The molecule has 1 heteroatoms. The van der Waals surface area contributed by atoms with Crippen LogP contribution in [-0.2, 0) is 17.3 Å². The van der Waals surface area contributed by atoms with Crippen LogP contribution in [0.2, 0.25) is 0 Å². The summed E-state index contributed by atoms with van der Waals surface area (Å²) in [6, 6.07) is 30.0. The predicted octanol–water partition coefficient (Wildman–Crippen LogP) is 10.4. The normalized spacial score (nSPS) is 12.2. The monoisotopic (exact) mass is 498 g/mol. The van der Waals surface area contributed by atoms with Crippen molar-refractivity contribution in [2.45, 2.75) is 109 Å². The minimum Gasteiger partial charge on any atom is -0.508 e. The fourth-order valence-electron chi connectivity index (χ4n) is 6.39. The number of hydrogen-bond acceptors (Lipinski definition) is 1. The minimum atomic E-state index is 0.108. The molecule has 0 fully saturated rings. The SMILES string of the molecule is CC(C)(c1ccccc1)C(CCCCCCCCCCCc1ccccc1O)C(C)(C)c1ccccc1. The Balaban J connectivity index is 1.42. The lowest BCUT2D eigenvalue weighted by molar-refractivity contribution is 0.181. The topological polar surface area (TPSA) is 20.2 Å². The van der Waals surface area contributed by atoms with E-state index in [2.05, 4.69) is 88.4 Å². The van der Waals surface area contributed by atoms with Crippen LogP contribution in [0.3, 0.4) is 0 Å². The van der Waals surface area contributed by atoms with Crippen molar-refractivity contribution in [1.82, 2.24) is 0 Å². The molecule has 0 heterocycles. The second-order valence-electron chi connectivity index (χ2n) is 12.1. The third-order valence-corrected chi connectivity index (χ3v) is 8.71. The van der Waals surface area contributed by atoms with E-state index in [-0.39, 0.29) is 10.8 Å². The fraction of sp³-hybridized carbons (Fsp3) is 0.500. The Bertz CT molecular complexity index is 967. The van der Waals surface area contributed by atoms with Gasteiger partial charge in [0, 0.05) is 0 Å². The summed E-state index contributed by atoms with van der Waals surface area (Å²) >= 11 is 0. The molecule has 1 nitrogen and oxygen atoms in total. The van der Waals surface area contributed by atoms with Gasteiger partial charge in [-0.2, -0.15) is 0 Å². The van der Waals surface area contributed by atoms with Gasteiger partial charge in [-0.05, 0) is 58.8 Å². The van der Waals surface area contributed by atoms with Gasteiger partial charge < -0.3 is 5.11 Å². The molecule has 3 aromatic rings. The second-order valence-corrected chi connectivity index (χ2v) is 12.1. The average molecular weight is 499 g/mol. The van der Waals surface area contributed by atoms with Crippen LogP contribution in [-0.4, -0.2) is 5.11 Å². The van der Waals surface area contributed by atoms with E-state index in [0.29, 0.717) is 11.7 Å². The molecule has 0 radical (unpaired) electrons. The Morgan fingerprint density at radius 2 is 0.919 bits per heavy atom. The molecule has 0 amide bonds. The highest BCUT2D eigenvalue weighted by molar-refractivity contribution is 5.32. The van der Waals surface area contributed by atoms with Crippen LogP contribution < -0.4 is 0 Å². The number of hydrogen-bond donors (Lipinski definition) is 1. The van der Waals surface area contributed by atoms with Gasteiger partial charge in [-0.25, -0.2) is 0 Å². The van der Waals surface area contributed by atoms with E-state index in [1.54, 1.807) is 6.07 Å². The molecule has 0 atom stereocenters. The Morgan fingerprint density at radius 3 is 1.41 bits per heavy atom. The van der Waals surface area contributed by atoms with E-state index in [4.69, 9.17) is 0 Å². The number of aryl methyl sites for hydroxylation is 1. The molecular weight excluding hydrogens is 448 g/mol. The molecule has 0 aliphatic carbocycles. The highest BCUT2D eigenvalue weighted by atomic mass is 16.3. The maximum Gasteiger partial charge on any atom is 0.118 e. The van der Waals surface area contributed by atoms with Gasteiger partial charge in [0.05, 0.1) is 0 Å². The van der Waals surface area contributed by atoms with E-state index < -0.39 is 0 Å². The number of para-hydroxylation sites is 1. The van der Waals surface area contributed by atoms with E-state index in [0.717, 1.165) is 12.0 Å². The van der Waals surface area contributed by atoms with Gasteiger partial charge in [-0.3, -0.25) is 0 Å². The molecule has 0 saturated heterocycles. The first-order chi connectivity index (χ1) is 17.8. The maximum absolute atomic E-state index is 9.89. The van der Waals surface area contributed by atoms with Crippen molar-refractivity contribution < 1.29 is 5.11 Å². The molecule has 0 aliphatic heterocycles. The van der Waals surface area contributed by atoms with Crippen molar-refractivity contribution in [2.24, 2.45) is 5.92 Å². The lowest BCUT2D eigenvalue weighted by atomic mass is 9.58. The van der Waals surface area contributed by atoms with Crippen LogP contribution in [0, 0.1) is 5.92 Å². The molecule has 200 valence electrons. The second kappa shape index (κ2) is 14.4. The van der Waals surface area contributed by atoms with Crippen molar-refractivity contribution in [3.8, 4) is 5.75 Å². The summed E-state index contributed by atoms with van der Waals surface area (Å²) in [4.78, 5) is 0. The highest BCUT2D eigenvalue weighted by Gasteiger charge is 2.41. The predicted molar refractivity (Wildman–Crippen MR) is 160 cm³/mol. The van der Waals surface area contributed by atoms with Crippen molar-refractivity contribution >= 4 is 0 Å². The van der Waals surface area contributed by atoms with E-state index >= 15 is 0 Å². The summed E-state index contributed by atoms with van der Waals surface area (Å²) < 4.78 is 0. The number of phenolic OH excluding ortho intramolecular Hbond substituents is 1. The van der Waals surface area contributed by atoms with Gasteiger partial charge >= 0.3 is 0 Å². The van der Waals surface area contributed by atoms with E-state index in [9.17, 15) is 5.11 Å². The van der Waals surface area contributed by atoms with Gasteiger partial charge in [-0.15, -0.1) is 0 Å². The molecule has 0 spiro atoms. The van der Waals surface area contributed by atoms with Gasteiger partial charge in [-0.1, -0.05) is 158 Å². The zero-order chi connectivity index (χ0) is 26.6. The smallest absolute Gasteiger partial charge is 0.118 e. The molecule has 0 aromatic heterocycles. The summed E-state index contributed by atoms with van der Waals surface area (Å²) in [5.41, 5.74) is 4.21. The first-order valence-corrected chi connectivity index (χ1v) is 14.7. The number of aromatic hydroxyl groups is 1. The van der Waals surface area contributed by atoms with Gasteiger partial charge in [0.15, 0.2) is 0 Å². The van der Waals surface area contributed by atoms with Crippen LogP contribution in [0.5, 0.6) is 5.75 Å². The van der Waals surface area contributed by atoms with Crippen molar-refractivity contribution in [1.29, 1.82) is 0 Å². The Morgan fingerprint density at radius 1 is 0.514 bits per heavy atom. The lowest BCUT2D eigenvalue weighted by Crippen LogP contribution is -2.42. The molecule has 37 heavy (non-hydrogen) atoms. The first kappa shape index (κ1) is 29.0. The standard InChI is InChI=1S/C36H50O/c1-35(2,31-24-15-12-16-25-31)34(36(3,4)32-26-17-13-18-27-32)29-19-11-9-7-5-6-8-10-14-22-30-23-20-21-28-33(30)37/h12-13,15-18,20-21,23-28,34,37H,5-11,14,19,22,29H2,1-4H3. The van der Waals surface area contributed by atoms with Crippen molar-refractivity contribution in [3.63, 3.8) is 0 Å². The van der Waals surface area contributed by atoms with Crippen LogP contribution in [0.25, 0.3) is 0 Å². The van der Waals surface area contributed by atoms with Crippen molar-refractivity contribution in [3.05, 3.63) is 102 Å². The fourth-order valence-corrected chi connectivity index (χ4v) is 6.39. The Labute approximate surface area is 227 Å². The molecule has 1 N–H and O–H groups in total. The van der Waals surface area contributed by atoms with Crippen LogP contribution >= 0.6 is 0 Å². The third-order valence-electron chi connectivity index (χ3n) is 8.71. The number of unbranched alkanes of at least 4 members (excludes halogenated alkanes) is 8. The van der Waals surface area contributed by atoms with E-state index in [1.807, 2.05) is 18.2 Å². The molecule has 0 aliphatic rings. The number of phenols is 1. The number of rotatable bonds is 16. The largest absolute Gasteiger partial charge is 0.508 e. The summed E-state index contributed by atoms with van der Waals surface area (Å²) in [6.07, 6.45) is 14.0. The molecule has 3 aromatic carbocycles. The summed E-state index contributed by atoms with van der Waals surface area (Å²) in [7, 11) is 0. The van der Waals surface area contributed by atoms with E-state index in [1.165, 1.54) is 75.3 Å². The summed E-state index contributed by atoms with van der Waals surface area (Å²) in [5, 5.41) is 9.89. The van der Waals surface area contributed by atoms with Crippen LogP contribution in [0.1, 0.15) is 109 Å². The quantitative estimate of drug-likeness (QED) is 0.195. The molecular formula is C36H50O. The summed E-state index contributed by atoms with van der Waals surface area (Å²) in [5.74, 6) is 1.01. The molecule has 3 rings (SSSR count). The molecule has 0 bridgehead atoms. The zero-order valence-corrected chi connectivity index (χ0v) is 23.9. The van der Waals surface area contributed by atoms with Crippen molar-refractivity contribution in [2.75, 3.05) is 0 Å². The number of benzene rings is 3. The minimum absolute atomic E-state index is 0.108. The Kier molecular flexibility index (Phi) is 11.3. The lowest BCUT2D eigenvalue weighted by Gasteiger charge is -2.46. The van der Waals surface area contributed by atoms with Crippen LogP contribution in [0.15, 0.2) is 84.9 Å². The van der Waals surface area contributed by atoms with Gasteiger partial charge in [0.1, 0.15) is 5.75 Å². The maximum atomic E-state index is 9.89. The average Bonchev–Trinajstić information content (AvgIpc) is 2.91. The van der Waals surface area contributed by atoms with Gasteiger partial charge in [0.2, 0.25) is 0 Å². The summed E-state index contributed by atoms with van der Waals surface area (Å²) in [6.45, 7) is 9.82. The zero-order valence-electron chi connectivity index (χ0n) is 23.9.